The molecule has 2 unspecified atom stereocenters. The molecule has 0 aromatic heterocycles. The molecule has 0 saturated heterocycles. The summed E-state index contributed by atoms with van der Waals surface area (Å²) in [6.45, 7) is 12.9. The van der Waals surface area contributed by atoms with Gasteiger partial charge < -0.3 is 14.3 Å². The first kappa shape index (κ1) is 17.0. The lowest BCUT2D eigenvalue weighted by Gasteiger charge is -2.41. The van der Waals surface area contributed by atoms with Crippen LogP contribution in [0.3, 0.4) is 0 Å². The molecule has 1 aliphatic rings. The number of hydrogen-bond acceptors (Lipinski definition) is 3. The average molecular weight is 373 g/mol. The maximum absolute atomic E-state index is 9.84. The van der Waals surface area contributed by atoms with Crippen molar-refractivity contribution in [3.8, 4) is 5.75 Å². The van der Waals surface area contributed by atoms with Crippen molar-refractivity contribution in [1.82, 2.24) is 0 Å². The Balaban J connectivity index is 2.43. The lowest BCUT2D eigenvalue weighted by Crippen LogP contribution is -2.48. The third-order valence-electron chi connectivity index (χ3n) is 4.68. The standard InChI is InChI=1S/C16H25BrO3Si/c1-15(2,3)21(5,6)20-14-12-9-11(17)7-8-13(12)19-16(14,4)10-18/h7-9,14,18H,10H2,1-6H3. The Kier molecular flexibility index (Phi) is 4.35. The Labute approximate surface area is 136 Å². The van der Waals surface area contributed by atoms with E-state index in [1.165, 1.54) is 0 Å². The minimum Gasteiger partial charge on any atom is -0.482 e. The van der Waals surface area contributed by atoms with Gasteiger partial charge in [-0.3, -0.25) is 0 Å². The number of halogens is 1. The summed E-state index contributed by atoms with van der Waals surface area (Å²) in [6.07, 6.45) is -0.240. The van der Waals surface area contributed by atoms with Gasteiger partial charge in [0.2, 0.25) is 0 Å². The molecule has 0 fully saturated rings. The average Bonchev–Trinajstić information content (AvgIpc) is 2.62. The zero-order valence-electron chi connectivity index (χ0n) is 13.7. The first-order valence-electron chi connectivity index (χ1n) is 7.27. The highest BCUT2D eigenvalue weighted by Crippen LogP contribution is 2.50. The molecule has 118 valence electrons. The van der Waals surface area contributed by atoms with Crippen molar-refractivity contribution in [2.75, 3.05) is 6.61 Å². The van der Waals surface area contributed by atoms with Crippen molar-refractivity contribution in [1.29, 1.82) is 0 Å². The van der Waals surface area contributed by atoms with E-state index in [9.17, 15) is 5.11 Å². The SMILES string of the molecule is CC1(CO)Oc2ccc(Br)cc2C1O[Si](C)(C)C(C)(C)C. The van der Waals surface area contributed by atoms with Crippen LogP contribution in [-0.4, -0.2) is 25.6 Å². The summed E-state index contributed by atoms with van der Waals surface area (Å²) >= 11 is 3.51. The molecule has 1 aromatic carbocycles. The van der Waals surface area contributed by atoms with Crippen LogP contribution in [0, 0.1) is 0 Å². The van der Waals surface area contributed by atoms with Crippen LogP contribution in [0.5, 0.6) is 5.75 Å². The molecule has 0 bridgehead atoms. The van der Waals surface area contributed by atoms with Crippen LogP contribution in [0.15, 0.2) is 22.7 Å². The molecular weight excluding hydrogens is 348 g/mol. The number of ether oxygens (including phenoxy) is 1. The second-order valence-electron chi connectivity index (χ2n) is 7.51. The Morgan fingerprint density at radius 2 is 2.00 bits per heavy atom. The minimum atomic E-state index is -1.97. The number of hydrogen-bond donors (Lipinski definition) is 1. The molecule has 1 aromatic rings. The normalized spacial score (nSPS) is 25.6. The highest BCUT2D eigenvalue weighted by Gasteiger charge is 2.50. The largest absolute Gasteiger partial charge is 0.482 e. The first-order chi connectivity index (χ1) is 9.50. The molecule has 2 atom stereocenters. The Hall–Kier alpha value is -0.363. The summed E-state index contributed by atoms with van der Waals surface area (Å²) in [4.78, 5) is 0. The van der Waals surface area contributed by atoms with Crippen molar-refractivity contribution in [3.63, 3.8) is 0 Å². The van der Waals surface area contributed by atoms with E-state index in [1.807, 2.05) is 25.1 Å². The fourth-order valence-electron chi connectivity index (χ4n) is 2.23. The van der Waals surface area contributed by atoms with Gasteiger partial charge >= 0.3 is 0 Å². The number of rotatable bonds is 3. The molecule has 1 N–H and O–H groups in total. The van der Waals surface area contributed by atoms with Crippen LogP contribution in [0.25, 0.3) is 0 Å². The zero-order valence-corrected chi connectivity index (χ0v) is 16.2. The van der Waals surface area contributed by atoms with Gasteiger partial charge in [0.05, 0.1) is 6.61 Å². The molecule has 3 nitrogen and oxygen atoms in total. The summed E-state index contributed by atoms with van der Waals surface area (Å²) in [6, 6.07) is 5.92. The predicted octanol–water partition coefficient (Wildman–Crippen LogP) is 4.66. The number of benzene rings is 1. The van der Waals surface area contributed by atoms with Gasteiger partial charge in [0.25, 0.3) is 0 Å². The summed E-state index contributed by atoms with van der Waals surface area (Å²) in [5.74, 6) is 0.804. The van der Waals surface area contributed by atoms with Gasteiger partial charge in [0, 0.05) is 10.0 Å². The van der Waals surface area contributed by atoms with Crippen LogP contribution in [0.2, 0.25) is 18.1 Å². The lowest BCUT2D eigenvalue weighted by atomic mass is 9.97. The van der Waals surface area contributed by atoms with Gasteiger partial charge in [-0.05, 0) is 43.3 Å². The minimum absolute atomic E-state index is 0.0708. The summed E-state index contributed by atoms with van der Waals surface area (Å²) in [7, 11) is -1.97. The molecule has 0 saturated carbocycles. The van der Waals surface area contributed by atoms with Gasteiger partial charge in [-0.15, -0.1) is 0 Å². The van der Waals surface area contributed by atoms with Gasteiger partial charge in [-0.2, -0.15) is 0 Å². The summed E-state index contributed by atoms with van der Waals surface area (Å²) < 4.78 is 13.6. The van der Waals surface area contributed by atoms with Crippen molar-refractivity contribution in [3.05, 3.63) is 28.2 Å². The second-order valence-corrected chi connectivity index (χ2v) is 13.2. The molecular formula is C16H25BrO3Si. The van der Waals surface area contributed by atoms with E-state index in [2.05, 4.69) is 49.8 Å². The van der Waals surface area contributed by atoms with Crippen molar-refractivity contribution in [2.45, 2.75) is 57.5 Å². The third kappa shape index (κ3) is 3.07. The van der Waals surface area contributed by atoms with Crippen LogP contribution >= 0.6 is 15.9 Å². The number of fused-ring (bicyclic) bond motifs is 1. The Morgan fingerprint density at radius 3 is 2.52 bits per heavy atom. The van der Waals surface area contributed by atoms with Crippen LogP contribution in [-0.2, 0) is 4.43 Å². The van der Waals surface area contributed by atoms with E-state index >= 15 is 0 Å². The van der Waals surface area contributed by atoms with Crippen LogP contribution < -0.4 is 4.74 Å². The van der Waals surface area contributed by atoms with Gasteiger partial charge in [-0.25, -0.2) is 0 Å². The van der Waals surface area contributed by atoms with E-state index in [4.69, 9.17) is 9.16 Å². The van der Waals surface area contributed by atoms with Crippen LogP contribution in [0.4, 0.5) is 0 Å². The van der Waals surface area contributed by atoms with Gasteiger partial charge in [0.1, 0.15) is 11.9 Å². The van der Waals surface area contributed by atoms with Crippen molar-refractivity contribution in [2.24, 2.45) is 0 Å². The maximum Gasteiger partial charge on any atom is 0.193 e. The summed E-state index contributed by atoms with van der Waals surface area (Å²) in [5, 5.41) is 9.94. The topological polar surface area (TPSA) is 38.7 Å². The Morgan fingerprint density at radius 1 is 1.38 bits per heavy atom. The molecule has 21 heavy (non-hydrogen) atoms. The van der Waals surface area contributed by atoms with E-state index in [1.54, 1.807) is 0 Å². The predicted molar refractivity (Wildman–Crippen MR) is 91.3 cm³/mol. The highest BCUT2D eigenvalue weighted by molar-refractivity contribution is 9.10. The van der Waals surface area contributed by atoms with Gasteiger partial charge in [-0.1, -0.05) is 36.7 Å². The van der Waals surface area contributed by atoms with Crippen molar-refractivity contribution >= 4 is 24.2 Å². The van der Waals surface area contributed by atoms with Crippen LogP contribution in [0.1, 0.15) is 39.4 Å². The molecule has 0 spiro atoms. The van der Waals surface area contributed by atoms with Crippen molar-refractivity contribution < 1.29 is 14.3 Å². The molecule has 0 aliphatic carbocycles. The fourth-order valence-corrected chi connectivity index (χ4v) is 3.92. The zero-order chi connectivity index (χ0) is 16.1. The summed E-state index contributed by atoms with van der Waals surface area (Å²) in [5.41, 5.74) is 0.296. The quantitative estimate of drug-likeness (QED) is 0.784. The van der Waals surface area contributed by atoms with E-state index in [0.29, 0.717) is 0 Å². The number of aliphatic hydroxyl groups is 1. The Bertz CT molecular complexity index is 539. The second kappa shape index (κ2) is 5.37. The number of aliphatic hydroxyl groups excluding tert-OH is 1. The maximum atomic E-state index is 9.84. The monoisotopic (exact) mass is 372 g/mol. The first-order valence-corrected chi connectivity index (χ1v) is 11.0. The molecule has 2 rings (SSSR count). The third-order valence-corrected chi connectivity index (χ3v) is 9.62. The van der Waals surface area contributed by atoms with Gasteiger partial charge in [0.15, 0.2) is 13.9 Å². The van der Waals surface area contributed by atoms with E-state index in [-0.39, 0.29) is 17.7 Å². The molecule has 0 radical (unpaired) electrons. The van der Waals surface area contributed by atoms with E-state index in [0.717, 1.165) is 15.8 Å². The molecule has 1 heterocycles. The molecule has 1 aliphatic heterocycles. The molecule has 5 heteroatoms. The fraction of sp³-hybridized carbons (Fsp3) is 0.625. The molecule has 0 amide bonds. The smallest absolute Gasteiger partial charge is 0.193 e. The van der Waals surface area contributed by atoms with E-state index < -0.39 is 13.9 Å². The lowest BCUT2D eigenvalue weighted by molar-refractivity contribution is -0.0442. The highest BCUT2D eigenvalue weighted by atomic mass is 79.9.